The first-order valence-corrected chi connectivity index (χ1v) is 12.0. The van der Waals surface area contributed by atoms with Crippen molar-refractivity contribution in [2.75, 3.05) is 13.1 Å². The lowest BCUT2D eigenvalue weighted by molar-refractivity contribution is 0.0786. The molecule has 32 heavy (non-hydrogen) atoms. The van der Waals surface area contributed by atoms with Gasteiger partial charge >= 0.3 is 5.69 Å². The summed E-state index contributed by atoms with van der Waals surface area (Å²) in [5, 5.41) is 4.32. The smallest absolute Gasteiger partial charge is 0.330 e. The van der Waals surface area contributed by atoms with Crippen molar-refractivity contribution < 1.29 is 4.79 Å². The molecule has 2 aliphatic rings. The van der Waals surface area contributed by atoms with Gasteiger partial charge in [-0.15, -0.1) is 0 Å². The topological polar surface area (TPSA) is 78.0 Å². The predicted octanol–water partition coefficient (Wildman–Crippen LogP) is 3.39. The van der Waals surface area contributed by atoms with Gasteiger partial charge in [0.15, 0.2) is 5.65 Å². The second-order valence-corrected chi connectivity index (χ2v) is 9.27. The van der Waals surface area contributed by atoms with Gasteiger partial charge in [-0.2, -0.15) is 5.10 Å². The van der Waals surface area contributed by atoms with Gasteiger partial charge < -0.3 is 4.90 Å². The fourth-order valence-corrected chi connectivity index (χ4v) is 5.52. The second-order valence-electron chi connectivity index (χ2n) is 9.27. The quantitative estimate of drug-likeness (QED) is 0.614. The number of hydrogen-bond donors (Lipinski definition) is 0. The highest BCUT2D eigenvalue weighted by Gasteiger charge is 2.33. The van der Waals surface area contributed by atoms with Crippen LogP contribution in [-0.2, 0) is 13.1 Å². The Kier molecular flexibility index (Phi) is 5.61. The third kappa shape index (κ3) is 3.55. The number of aromatic nitrogens is 5. The minimum atomic E-state index is -0.0574. The van der Waals surface area contributed by atoms with Gasteiger partial charge in [0.25, 0.3) is 5.91 Å². The zero-order valence-electron chi connectivity index (χ0n) is 19.0. The molecule has 1 amide bonds. The summed E-state index contributed by atoms with van der Waals surface area (Å²) < 4.78 is 5.61. The molecule has 5 rings (SSSR count). The normalized spacial score (nSPS) is 19.8. The summed E-state index contributed by atoms with van der Waals surface area (Å²) in [6.07, 6.45) is 10.4. The Morgan fingerprint density at radius 2 is 2.00 bits per heavy atom. The zero-order chi connectivity index (χ0) is 22.2. The van der Waals surface area contributed by atoms with E-state index < -0.39 is 0 Å². The Morgan fingerprint density at radius 1 is 1.19 bits per heavy atom. The first-order valence-electron chi connectivity index (χ1n) is 12.0. The fourth-order valence-electron chi connectivity index (χ4n) is 5.52. The van der Waals surface area contributed by atoms with Gasteiger partial charge in [0, 0.05) is 38.1 Å². The molecular weight excluding hydrogens is 404 g/mol. The number of rotatable bonds is 5. The van der Waals surface area contributed by atoms with Crippen LogP contribution in [0.2, 0.25) is 0 Å². The van der Waals surface area contributed by atoms with E-state index >= 15 is 0 Å². The van der Waals surface area contributed by atoms with E-state index in [0.717, 1.165) is 36.4 Å². The molecule has 8 nitrogen and oxygen atoms in total. The summed E-state index contributed by atoms with van der Waals surface area (Å²) in [6, 6.07) is 3.85. The van der Waals surface area contributed by atoms with Crippen LogP contribution in [0.1, 0.15) is 67.5 Å². The van der Waals surface area contributed by atoms with Crippen molar-refractivity contribution in [3.05, 3.63) is 46.3 Å². The molecule has 0 aromatic carbocycles. The van der Waals surface area contributed by atoms with Crippen LogP contribution in [0.3, 0.4) is 0 Å². The van der Waals surface area contributed by atoms with Crippen molar-refractivity contribution in [3.8, 4) is 0 Å². The maximum Gasteiger partial charge on any atom is 0.330 e. The average molecular weight is 437 g/mol. The molecule has 1 aliphatic heterocycles. The van der Waals surface area contributed by atoms with E-state index in [1.165, 1.54) is 32.1 Å². The number of carbonyl (C=O) groups excluding carboxylic acids is 1. The molecular formula is C24H32N6O2. The van der Waals surface area contributed by atoms with Crippen molar-refractivity contribution in [3.63, 3.8) is 0 Å². The maximum absolute atomic E-state index is 13.6. The van der Waals surface area contributed by atoms with Crippen LogP contribution in [-0.4, -0.2) is 47.8 Å². The highest BCUT2D eigenvalue weighted by molar-refractivity contribution is 5.95. The summed E-state index contributed by atoms with van der Waals surface area (Å²) in [5.41, 5.74) is 3.20. The lowest BCUT2D eigenvalue weighted by atomic mass is 9.89. The van der Waals surface area contributed by atoms with E-state index in [2.05, 4.69) is 10.1 Å². The summed E-state index contributed by atoms with van der Waals surface area (Å²) >= 11 is 0. The number of aryl methyl sites for hydroxylation is 1. The minimum Gasteiger partial charge on any atom is -0.336 e. The summed E-state index contributed by atoms with van der Waals surface area (Å²) in [5.74, 6) is 0.553. The van der Waals surface area contributed by atoms with Crippen molar-refractivity contribution in [1.29, 1.82) is 0 Å². The molecule has 0 radical (unpaired) electrons. The van der Waals surface area contributed by atoms with Crippen LogP contribution in [0.25, 0.3) is 11.2 Å². The molecule has 0 N–H and O–H groups in total. The molecule has 0 unspecified atom stereocenters. The van der Waals surface area contributed by atoms with E-state index in [-0.39, 0.29) is 17.6 Å². The van der Waals surface area contributed by atoms with Gasteiger partial charge in [0.2, 0.25) is 0 Å². The second kappa shape index (κ2) is 8.56. The van der Waals surface area contributed by atoms with Gasteiger partial charge in [0.05, 0.1) is 23.3 Å². The number of amides is 1. The van der Waals surface area contributed by atoms with Crippen LogP contribution in [0.5, 0.6) is 0 Å². The largest absolute Gasteiger partial charge is 0.336 e. The SMILES string of the molecule is CCn1ncc(C(=O)N2CC[C@@H](n3c(=O)n(CC4CCCCC4)c4cccnc43)C2)c1C. The molecule has 170 valence electrons. The van der Waals surface area contributed by atoms with Crippen molar-refractivity contribution in [2.24, 2.45) is 5.92 Å². The van der Waals surface area contributed by atoms with Crippen molar-refractivity contribution in [2.45, 2.75) is 71.5 Å². The Morgan fingerprint density at radius 3 is 2.75 bits per heavy atom. The highest BCUT2D eigenvalue weighted by atomic mass is 16.2. The number of hydrogen-bond acceptors (Lipinski definition) is 4. The van der Waals surface area contributed by atoms with Crippen LogP contribution in [0.4, 0.5) is 0 Å². The van der Waals surface area contributed by atoms with E-state index in [1.54, 1.807) is 12.4 Å². The third-order valence-electron chi connectivity index (χ3n) is 7.34. The number of carbonyl (C=O) groups is 1. The number of likely N-dealkylation sites (tertiary alicyclic amines) is 1. The molecule has 1 saturated carbocycles. The zero-order valence-corrected chi connectivity index (χ0v) is 19.0. The Bertz CT molecular complexity index is 1180. The standard InChI is InChI=1S/C24H32N6O2/c1-3-29-17(2)20(14-26-29)23(31)27-13-11-19(16-27)30-22-21(10-7-12-25-22)28(24(30)32)15-18-8-5-4-6-9-18/h7,10,12,14,18-19H,3-6,8-9,11,13,15-16H2,1-2H3/t19-/m1/s1. The van der Waals surface area contributed by atoms with E-state index in [9.17, 15) is 9.59 Å². The summed E-state index contributed by atoms with van der Waals surface area (Å²) in [7, 11) is 0. The molecule has 3 aromatic heterocycles. The molecule has 1 atom stereocenters. The van der Waals surface area contributed by atoms with Crippen molar-refractivity contribution >= 4 is 17.1 Å². The van der Waals surface area contributed by atoms with Crippen LogP contribution in [0, 0.1) is 12.8 Å². The first kappa shape index (κ1) is 21.0. The third-order valence-corrected chi connectivity index (χ3v) is 7.34. The minimum absolute atomic E-state index is 0.00310. The Labute approximate surface area is 187 Å². The van der Waals surface area contributed by atoms with Gasteiger partial charge in [-0.3, -0.25) is 18.6 Å². The van der Waals surface area contributed by atoms with E-state index in [1.807, 2.05) is 44.7 Å². The number of fused-ring (bicyclic) bond motifs is 1. The molecule has 0 bridgehead atoms. The molecule has 1 saturated heterocycles. The highest BCUT2D eigenvalue weighted by Crippen LogP contribution is 2.28. The molecule has 8 heteroatoms. The number of nitrogens with zero attached hydrogens (tertiary/aromatic N) is 6. The Hall–Kier alpha value is -2.90. The number of imidazole rings is 1. The van der Waals surface area contributed by atoms with Gasteiger partial charge in [-0.1, -0.05) is 19.3 Å². The maximum atomic E-state index is 13.6. The lowest BCUT2D eigenvalue weighted by Crippen LogP contribution is -2.33. The van der Waals surface area contributed by atoms with Crippen molar-refractivity contribution in [1.82, 2.24) is 28.8 Å². The summed E-state index contributed by atoms with van der Waals surface area (Å²) in [4.78, 5) is 33.2. The first-order chi connectivity index (χ1) is 15.6. The van der Waals surface area contributed by atoms with Crippen LogP contribution in [0.15, 0.2) is 29.3 Å². The van der Waals surface area contributed by atoms with Gasteiger partial charge in [0.1, 0.15) is 0 Å². The predicted molar refractivity (Wildman–Crippen MR) is 123 cm³/mol. The van der Waals surface area contributed by atoms with Crippen LogP contribution >= 0.6 is 0 Å². The molecule has 0 spiro atoms. The monoisotopic (exact) mass is 436 g/mol. The van der Waals surface area contributed by atoms with Crippen LogP contribution < -0.4 is 5.69 Å². The van der Waals surface area contributed by atoms with E-state index in [0.29, 0.717) is 24.6 Å². The molecule has 3 aromatic rings. The number of pyridine rings is 1. The van der Waals surface area contributed by atoms with Gasteiger partial charge in [-0.05, 0) is 51.2 Å². The molecule has 2 fully saturated rings. The van der Waals surface area contributed by atoms with Gasteiger partial charge in [-0.25, -0.2) is 9.78 Å². The molecule has 4 heterocycles. The van der Waals surface area contributed by atoms with E-state index in [4.69, 9.17) is 0 Å². The molecule has 1 aliphatic carbocycles. The Balaban J connectivity index is 1.42. The fraction of sp³-hybridized carbons (Fsp3) is 0.583. The summed E-state index contributed by atoms with van der Waals surface area (Å²) in [6.45, 7) is 6.61. The average Bonchev–Trinajstić information content (AvgIpc) is 3.51. The lowest BCUT2D eigenvalue weighted by Gasteiger charge is -2.21.